The SMILES string of the molecule is CC/C(N)=C(/N)OC. The molecule has 0 aromatic carbocycles. The summed E-state index contributed by atoms with van der Waals surface area (Å²) in [5, 5.41) is 0. The Morgan fingerprint density at radius 1 is 1.50 bits per heavy atom. The fourth-order valence-electron chi connectivity index (χ4n) is 0.305. The van der Waals surface area contributed by atoms with E-state index in [1.165, 1.54) is 7.11 Å². The first kappa shape index (κ1) is 7.14. The first-order valence-electron chi connectivity index (χ1n) is 2.50. The molecule has 0 spiro atoms. The van der Waals surface area contributed by atoms with Crippen LogP contribution in [0.1, 0.15) is 13.3 Å². The average molecular weight is 116 g/mol. The van der Waals surface area contributed by atoms with Gasteiger partial charge in [0.2, 0.25) is 5.88 Å². The van der Waals surface area contributed by atoms with Crippen LogP contribution in [-0.4, -0.2) is 7.11 Å². The monoisotopic (exact) mass is 116 g/mol. The lowest BCUT2D eigenvalue weighted by molar-refractivity contribution is 0.281. The van der Waals surface area contributed by atoms with E-state index in [2.05, 4.69) is 4.74 Å². The van der Waals surface area contributed by atoms with Crippen LogP contribution in [0.25, 0.3) is 0 Å². The van der Waals surface area contributed by atoms with Gasteiger partial charge in [0.25, 0.3) is 0 Å². The lowest BCUT2D eigenvalue weighted by Crippen LogP contribution is -2.09. The third-order valence-corrected chi connectivity index (χ3v) is 0.917. The van der Waals surface area contributed by atoms with Gasteiger partial charge in [0.05, 0.1) is 12.8 Å². The van der Waals surface area contributed by atoms with Gasteiger partial charge in [0.15, 0.2) is 0 Å². The van der Waals surface area contributed by atoms with Crippen molar-refractivity contribution < 1.29 is 4.74 Å². The molecule has 0 unspecified atom stereocenters. The number of allylic oxidation sites excluding steroid dienone is 1. The molecule has 3 heteroatoms. The van der Waals surface area contributed by atoms with Crippen LogP contribution in [0.2, 0.25) is 0 Å². The zero-order valence-electron chi connectivity index (χ0n) is 5.27. The van der Waals surface area contributed by atoms with Gasteiger partial charge in [-0.2, -0.15) is 0 Å². The number of hydrogen-bond donors (Lipinski definition) is 2. The molecular formula is C5H12N2O. The number of nitrogens with two attached hydrogens (primary N) is 2. The van der Waals surface area contributed by atoms with E-state index in [0.29, 0.717) is 11.6 Å². The number of methoxy groups -OCH3 is 1. The summed E-state index contributed by atoms with van der Waals surface area (Å²) in [6, 6.07) is 0. The second-order valence-electron chi connectivity index (χ2n) is 1.45. The van der Waals surface area contributed by atoms with Crippen LogP contribution in [0, 0.1) is 0 Å². The molecule has 0 heterocycles. The summed E-state index contributed by atoms with van der Waals surface area (Å²) in [5.74, 6) is 0.326. The summed E-state index contributed by atoms with van der Waals surface area (Å²) in [5.41, 5.74) is 11.2. The first-order chi connectivity index (χ1) is 3.72. The van der Waals surface area contributed by atoms with Crippen molar-refractivity contribution in [3.63, 3.8) is 0 Å². The Hall–Kier alpha value is -0.860. The Kier molecular flexibility index (Phi) is 2.84. The minimum Gasteiger partial charge on any atom is -0.481 e. The molecule has 0 fully saturated rings. The molecule has 0 saturated carbocycles. The largest absolute Gasteiger partial charge is 0.481 e. The van der Waals surface area contributed by atoms with Crippen molar-refractivity contribution in [2.75, 3.05) is 7.11 Å². The van der Waals surface area contributed by atoms with E-state index in [1.54, 1.807) is 0 Å². The normalized spacial score (nSPS) is 12.8. The summed E-state index contributed by atoms with van der Waals surface area (Å²) in [4.78, 5) is 0. The van der Waals surface area contributed by atoms with Crippen molar-refractivity contribution in [1.29, 1.82) is 0 Å². The second kappa shape index (κ2) is 3.18. The molecule has 0 aromatic heterocycles. The van der Waals surface area contributed by atoms with Crippen LogP contribution in [0.15, 0.2) is 11.6 Å². The molecule has 0 bridgehead atoms. The molecule has 4 N–H and O–H groups in total. The van der Waals surface area contributed by atoms with Gasteiger partial charge in [0.1, 0.15) is 0 Å². The molecule has 0 radical (unpaired) electrons. The van der Waals surface area contributed by atoms with Gasteiger partial charge in [-0.15, -0.1) is 0 Å². The molecule has 0 saturated heterocycles. The molecular weight excluding hydrogens is 104 g/mol. The third kappa shape index (κ3) is 1.73. The molecule has 3 nitrogen and oxygen atoms in total. The standard InChI is InChI=1S/C5H12N2O/c1-3-4(6)5(7)8-2/h3,6-7H2,1-2H3/b5-4+. The second-order valence-corrected chi connectivity index (χ2v) is 1.45. The highest BCUT2D eigenvalue weighted by atomic mass is 16.5. The van der Waals surface area contributed by atoms with Crippen molar-refractivity contribution >= 4 is 0 Å². The Labute approximate surface area is 49.3 Å². The summed E-state index contributed by atoms with van der Waals surface area (Å²) < 4.78 is 4.64. The molecule has 8 heavy (non-hydrogen) atoms. The van der Waals surface area contributed by atoms with Crippen molar-refractivity contribution in [3.8, 4) is 0 Å². The van der Waals surface area contributed by atoms with Gasteiger partial charge in [-0.1, -0.05) is 6.92 Å². The fourth-order valence-corrected chi connectivity index (χ4v) is 0.305. The summed E-state index contributed by atoms with van der Waals surface area (Å²) in [6.45, 7) is 1.92. The highest BCUT2D eigenvalue weighted by molar-refractivity contribution is 4.98. The van der Waals surface area contributed by atoms with Crippen LogP contribution in [0.5, 0.6) is 0 Å². The van der Waals surface area contributed by atoms with Gasteiger partial charge in [-0.05, 0) is 6.42 Å². The lowest BCUT2D eigenvalue weighted by atomic mass is 10.4. The van der Waals surface area contributed by atoms with Crippen molar-refractivity contribution in [3.05, 3.63) is 11.6 Å². The zero-order chi connectivity index (χ0) is 6.57. The lowest BCUT2D eigenvalue weighted by Gasteiger charge is -2.01. The highest BCUT2D eigenvalue weighted by Gasteiger charge is 1.91. The molecule has 48 valence electrons. The zero-order valence-corrected chi connectivity index (χ0v) is 5.27. The number of hydrogen-bond acceptors (Lipinski definition) is 3. The molecule has 0 atom stereocenters. The molecule has 0 aliphatic carbocycles. The van der Waals surface area contributed by atoms with Crippen molar-refractivity contribution in [2.24, 2.45) is 11.5 Å². The van der Waals surface area contributed by atoms with Gasteiger partial charge >= 0.3 is 0 Å². The van der Waals surface area contributed by atoms with Crippen LogP contribution in [-0.2, 0) is 4.74 Å². The van der Waals surface area contributed by atoms with Crippen molar-refractivity contribution in [1.82, 2.24) is 0 Å². The van der Waals surface area contributed by atoms with Crippen LogP contribution < -0.4 is 11.5 Å². The average Bonchev–Trinajstić information content (AvgIpc) is 1.84. The van der Waals surface area contributed by atoms with Gasteiger partial charge < -0.3 is 16.2 Å². The van der Waals surface area contributed by atoms with Crippen LogP contribution in [0.4, 0.5) is 0 Å². The predicted octanol–water partition coefficient (Wildman–Crippen LogP) is 0.129. The maximum atomic E-state index is 5.36. The summed E-state index contributed by atoms with van der Waals surface area (Å²) in [7, 11) is 1.50. The molecule has 0 rings (SSSR count). The molecule has 0 aromatic rings. The minimum atomic E-state index is 0.326. The van der Waals surface area contributed by atoms with Gasteiger partial charge in [-0.25, -0.2) is 0 Å². The van der Waals surface area contributed by atoms with E-state index in [4.69, 9.17) is 11.5 Å². The predicted molar refractivity (Wildman–Crippen MR) is 32.7 cm³/mol. The van der Waals surface area contributed by atoms with E-state index in [-0.39, 0.29) is 0 Å². The molecule has 0 aliphatic heterocycles. The van der Waals surface area contributed by atoms with E-state index in [9.17, 15) is 0 Å². The number of ether oxygens (including phenoxy) is 1. The smallest absolute Gasteiger partial charge is 0.203 e. The third-order valence-electron chi connectivity index (χ3n) is 0.917. The van der Waals surface area contributed by atoms with E-state index in [0.717, 1.165) is 6.42 Å². The quantitative estimate of drug-likeness (QED) is 0.504. The number of rotatable bonds is 2. The fraction of sp³-hybridized carbons (Fsp3) is 0.600. The molecule has 0 amide bonds. The highest BCUT2D eigenvalue weighted by Crippen LogP contribution is 1.94. The Morgan fingerprint density at radius 3 is 2.12 bits per heavy atom. The van der Waals surface area contributed by atoms with E-state index in [1.807, 2.05) is 6.92 Å². The van der Waals surface area contributed by atoms with Crippen molar-refractivity contribution in [2.45, 2.75) is 13.3 Å². The maximum Gasteiger partial charge on any atom is 0.203 e. The van der Waals surface area contributed by atoms with Gasteiger partial charge in [-0.3, -0.25) is 0 Å². The summed E-state index contributed by atoms with van der Waals surface area (Å²) >= 11 is 0. The molecule has 0 aliphatic rings. The topological polar surface area (TPSA) is 61.3 Å². The van der Waals surface area contributed by atoms with E-state index >= 15 is 0 Å². The summed E-state index contributed by atoms with van der Waals surface area (Å²) in [6.07, 6.45) is 0.736. The van der Waals surface area contributed by atoms with E-state index < -0.39 is 0 Å². The van der Waals surface area contributed by atoms with Crippen LogP contribution in [0.3, 0.4) is 0 Å². The van der Waals surface area contributed by atoms with Crippen LogP contribution >= 0.6 is 0 Å². The Morgan fingerprint density at radius 2 is 2.00 bits per heavy atom. The Bertz CT molecular complexity index is 86.6. The Balaban J connectivity index is 3.83. The van der Waals surface area contributed by atoms with Gasteiger partial charge in [0, 0.05) is 0 Å². The maximum absolute atomic E-state index is 5.36. The first-order valence-corrected chi connectivity index (χ1v) is 2.50. The minimum absolute atomic E-state index is 0.326.